The van der Waals surface area contributed by atoms with Gasteiger partial charge in [0.25, 0.3) is 0 Å². The van der Waals surface area contributed by atoms with E-state index in [9.17, 15) is 0 Å². The molecule has 0 saturated carbocycles. The first kappa shape index (κ1) is 17.1. The quantitative estimate of drug-likeness (QED) is 0.350. The van der Waals surface area contributed by atoms with Crippen molar-refractivity contribution in [2.45, 2.75) is 63.2 Å². The Morgan fingerprint density at radius 2 is 1.93 bits per heavy atom. The molecule has 1 saturated heterocycles. The molecule has 0 radical (unpaired) electrons. The minimum absolute atomic E-state index is 0.0910. The van der Waals surface area contributed by atoms with Gasteiger partial charge in [0.2, 0.25) is 0 Å². The molecule has 29 heavy (non-hydrogen) atoms. The Morgan fingerprint density at radius 3 is 2.76 bits per heavy atom. The fraction of sp³-hybridized carbons (Fsp3) is 0.500. The zero-order chi connectivity index (χ0) is 19.9. The number of alkyl halides is 2. The van der Waals surface area contributed by atoms with Crippen molar-refractivity contribution in [3.63, 3.8) is 0 Å². The highest BCUT2D eigenvalue weighted by atomic mass is 35.5. The minimum atomic E-state index is -0.769. The van der Waals surface area contributed by atoms with Crippen molar-refractivity contribution in [3.05, 3.63) is 69.5 Å². The summed E-state index contributed by atoms with van der Waals surface area (Å²) in [6, 6.07) is 0.337. The van der Waals surface area contributed by atoms with E-state index in [2.05, 4.69) is 49.6 Å². The maximum Gasteiger partial charge on any atom is 0.198 e. The average Bonchev–Trinajstić information content (AvgIpc) is 3.21. The first-order valence-corrected chi connectivity index (χ1v) is 11.3. The lowest BCUT2D eigenvalue weighted by Crippen LogP contribution is -2.57. The summed E-state index contributed by atoms with van der Waals surface area (Å²) in [7, 11) is 0. The first-order chi connectivity index (χ1) is 13.8. The Kier molecular flexibility index (Phi) is 2.84. The SMILES string of the molecule is C[C@@H]1CC2=C3[C@@]4(N1)C1=C(C=C[C@@H](Cl)C=C1)NC4=C1C[N+]13C1=C2C[C@@H](F)C(C)(C)C1. The van der Waals surface area contributed by atoms with Crippen LogP contribution in [0.3, 0.4) is 0 Å². The van der Waals surface area contributed by atoms with Gasteiger partial charge in [0.1, 0.15) is 17.6 Å². The van der Waals surface area contributed by atoms with E-state index in [-0.39, 0.29) is 16.3 Å². The number of hydrogen-bond acceptors (Lipinski definition) is 2. The van der Waals surface area contributed by atoms with E-state index in [0.717, 1.165) is 29.6 Å². The van der Waals surface area contributed by atoms with E-state index in [1.165, 1.54) is 39.5 Å². The van der Waals surface area contributed by atoms with Gasteiger partial charge in [-0.3, -0.25) is 5.32 Å². The molecule has 7 aliphatic rings. The second-order valence-corrected chi connectivity index (χ2v) is 11.0. The van der Waals surface area contributed by atoms with Gasteiger partial charge in [-0.25, -0.2) is 8.87 Å². The van der Waals surface area contributed by atoms with E-state index in [1.807, 2.05) is 6.08 Å². The predicted octanol–water partition coefficient (Wildman–Crippen LogP) is 4.43. The predicted molar refractivity (Wildman–Crippen MR) is 112 cm³/mol. The number of rotatable bonds is 0. The summed E-state index contributed by atoms with van der Waals surface area (Å²) in [5.74, 6) is 0. The van der Waals surface area contributed by atoms with Crippen LogP contribution in [0.25, 0.3) is 0 Å². The van der Waals surface area contributed by atoms with E-state index < -0.39 is 6.17 Å². The third kappa shape index (κ3) is 1.72. The lowest BCUT2D eigenvalue weighted by atomic mass is 9.72. The fourth-order valence-corrected chi connectivity index (χ4v) is 7.10. The Labute approximate surface area is 175 Å². The number of quaternary nitrogens is 1. The lowest BCUT2D eigenvalue weighted by Gasteiger charge is -2.38. The van der Waals surface area contributed by atoms with Crippen molar-refractivity contribution in [2.75, 3.05) is 6.54 Å². The summed E-state index contributed by atoms with van der Waals surface area (Å²) in [6.07, 6.45) is 10.1. The highest BCUT2D eigenvalue weighted by molar-refractivity contribution is 6.23. The maximum absolute atomic E-state index is 15.1. The molecule has 0 amide bonds. The van der Waals surface area contributed by atoms with Gasteiger partial charge in [-0.15, -0.1) is 11.6 Å². The van der Waals surface area contributed by atoms with Crippen LogP contribution in [0, 0.1) is 5.41 Å². The lowest BCUT2D eigenvalue weighted by molar-refractivity contribution is -0.694. The fourth-order valence-electron chi connectivity index (χ4n) is 6.96. The third-order valence-electron chi connectivity index (χ3n) is 8.28. The van der Waals surface area contributed by atoms with Crippen LogP contribution >= 0.6 is 11.6 Å². The van der Waals surface area contributed by atoms with Crippen LogP contribution in [-0.2, 0) is 0 Å². The van der Waals surface area contributed by atoms with Crippen molar-refractivity contribution in [1.29, 1.82) is 0 Å². The van der Waals surface area contributed by atoms with Crippen LogP contribution in [0.4, 0.5) is 4.39 Å². The van der Waals surface area contributed by atoms with Crippen LogP contribution in [0.2, 0.25) is 0 Å². The van der Waals surface area contributed by atoms with Gasteiger partial charge in [-0.2, -0.15) is 0 Å². The molecule has 0 aromatic heterocycles. The standard InChI is InChI=1S/C24H26ClFN3/c1-12-8-15-14-9-20(26)23(2,3)10-18(14)29-11-19(29)21-24(28-12,22(15)29)16-6-4-13(25)5-7-17(16)27-21/h4-7,12-13,20,27-28H,8-11H2,1-3H3/q+1/t12-,13+,20-,24-,29?/m1/s1. The van der Waals surface area contributed by atoms with Crippen molar-refractivity contribution in [1.82, 2.24) is 10.6 Å². The van der Waals surface area contributed by atoms with Crippen molar-refractivity contribution in [3.8, 4) is 0 Å². The molecule has 0 aromatic carbocycles. The van der Waals surface area contributed by atoms with Gasteiger partial charge in [0.05, 0.1) is 5.38 Å². The van der Waals surface area contributed by atoms with Crippen LogP contribution in [0.5, 0.6) is 0 Å². The van der Waals surface area contributed by atoms with Crippen LogP contribution in [-0.4, -0.2) is 34.2 Å². The number of hydrogen-bond donors (Lipinski definition) is 2. The van der Waals surface area contributed by atoms with E-state index in [4.69, 9.17) is 11.6 Å². The maximum atomic E-state index is 15.1. The number of fused-ring (bicyclic) bond motifs is 1. The Bertz CT molecular complexity index is 1100. The molecule has 5 atom stereocenters. The topological polar surface area (TPSA) is 24.1 Å². The van der Waals surface area contributed by atoms with Gasteiger partial charge in [-0.1, -0.05) is 32.1 Å². The highest BCUT2D eigenvalue weighted by Crippen LogP contribution is 2.71. The molecule has 2 spiro atoms. The zero-order valence-electron chi connectivity index (χ0n) is 17.1. The molecule has 5 heteroatoms. The van der Waals surface area contributed by atoms with E-state index in [1.54, 1.807) is 0 Å². The average molecular weight is 411 g/mol. The normalized spacial score (nSPS) is 45.1. The Morgan fingerprint density at radius 1 is 1.14 bits per heavy atom. The van der Waals surface area contributed by atoms with Crippen LogP contribution in [0.15, 0.2) is 69.5 Å². The number of nitrogens with zero attached hydrogens (tertiary/aromatic N) is 1. The molecule has 7 rings (SSSR count). The van der Waals surface area contributed by atoms with E-state index in [0.29, 0.717) is 12.5 Å². The molecule has 1 fully saturated rings. The molecular weight excluding hydrogens is 385 g/mol. The molecule has 2 aliphatic carbocycles. The van der Waals surface area contributed by atoms with Gasteiger partial charge >= 0.3 is 0 Å². The molecule has 2 N–H and O–H groups in total. The molecule has 3 nitrogen and oxygen atoms in total. The first-order valence-electron chi connectivity index (χ1n) is 10.8. The zero-order valence-corrected chi connectivity index (χ0v) is 17.8. The third-order valence-corrected chi connectivity index (χ3v) is 8.57. The van der Waals surface area contributed by atoms with Gasteiger partial charge in [0.15, 0.2) is 23.5 Å². The molecule has 5 aliphatic heterocycles. The second-order valence-electron chi connectivity index (χ2n) is 10.5. The van der Waals surface area contributed by atoms with Crippen molar-refractivity contribution >= 4 is 11.6 Å². The minimum Gasteiger partial charge on any atom is -0.352 e. The highest BCUT2D eigenvalue weighted by Gasteiger charge is 2.79. The monoisotopic (exact) mass is 410 g/mol. The Balaban J connectivity index is 1.49. The number of nitrogens with one attached hydrogen (secondary N) is 2. The van der Waals surface area contributed by atoms with E-state index >= 15 is 4.39 Å². The largest absolute Gasteiger partial charge is 0.352 e. The van der Waals surface area contributed by atoms with Gasteiger partial charge < -0.3 is 5.32 Å². The molecule has 150 valence electrons. The Hall–Kier alpha value is -1.62. The molecule has 1 unspecified atom stereocenters. The summed E-state index contributed by atoms with van der Waals surface area (Å²) >= 11 is 6.40. The van der Waals surface area contributed by atoms with Crippen LogP contribution in [0.1, 0.15) is 40.0 Å². The summed E-state index contributed by atoms with van der Waals surface area (Å²) < 4.78 is 16.0. The number of halogens is 2. The molecular formula is C24H26ClFN3+. The van der Waals surface area contributed by atoms with Crippen molar-refractivity contribution in [2.24, 2.45) is 5.41 Å². The number of allylic oxidation sites excluding steroid dienone is 5. The van der Waals surface area contributed by atoms with Crippen LogP contribution < -0.4 is 10.6 Å². The molecule has 5 heterocycles. The second kappa shape index (κ2) is 4.82. The van der Waals surface area contributed by atoms with Crippen molar-refractivity contribution < 1.29 is 8.87 Å². The summed E-state index contributed by atoms with van der Waals surface area (Å²) in [4.78, 5) is 0. The summed E-state index contributed by atoms with van der Waals surface area (Å²) in [6.45, 7) is 7.51. The smallest absolute Gasteiger partial charge is 0.198 e. The van der Waals surface area contributed by atoms with Gasteiger partial charge in [-0.05, 0) is 19.4 Å². The summed E-state index contributed by atoms with van der Waals surface area (Å²) in [5, 5.41) is 7.68. The van der Waals surface area contributed by atoms with Gasteiger partial charge in [0, 0.05) is 46.7 Å². The summed E-state index contributed by atoms with van der Waals surface area (Å²) in [5.41, 5.74) is 10.4. The molecule has 0 aromatic rings. The molecule has 0 bridgehead atoms.